The Morgan fingerprint density at radius 3 is 1.30 bits per heavy atom. The highest BCUT2D eigenvalue weighted by Crippen LogP contribution is 2.26. The minimum Gasteiger partial charge on any atom is -0.508 e. The lowest BCUT2D eigenvalue weighted by Gasteiger charge is -2.32. The molecule has 13 atom stereocenters. The van der Waals surface area contributed by atoms with Gasteiger partial charge in [0.05, 0.1) is 25.7 Å². The van der Waals surface area contributed by atoms with Crippen LogP contribution in [0.15, 0.2) is 103 Å². The zero-order valence-electron chi connectivity index (χ0n) is 66.9. The first-order valence-electron chi connectivity index (χ1n) is 39.4. The van der Waals surface area contributed by atoms with Crippen LogP contribution < -0.4 is 70.0 Å². The molecule has 5 aromatic rings. The second-order valence-electron chi connectivity index (χ2n) is 30.1. The van der Waals surface area contributed by atoms with E-state index in [0.29, 0.717) is 16.7 Å². The van der Waals surface area contributed by atoms with Crippen molar-refractivity contribution in [3.63, 3.8) is 0 Å². The van der Waals surface area contributed by atoms with Crippen molar-refractivity contribution < 1.29 is 123 Å². The largest absolute Gasteiger partial charge is 0.508 e. The number of nitrogens with zero attached hydrogens (tertiary/aromatic N) is 2. The number of fused-ring (bicyclic) bond motifs is 1. The fraction of sp³-hybridized carbons (Fsp3) is 0.463. The van der Waals surface area contributed by atoms with Gasteiger partial charge < -0.3 is 131 Å². The summed E-state index contributed by atoms with van der Waals surface area (Å²) in [5.41, 5.74) is 14.4. The Labute approximate surface area is 698 Å². The fourth-order valence-corrected chi connectivity index (χ4v) is 13.9. The number of aliphatic carboxylic acids is 4. The van der Waals surface area contributed by atoms with E-state index in [0.717, 1.165) is 20.7 Å². The molecule has 2 fully saturated rings. The van der Waals surface area contributed by atoms with Gasteiger partial charge in [-0.1, -0.05) is 68.4 Å². The predicted molar refractivity (Wildman–Crippen MR) is 431 cm³/mol. The number of carboxylic acids is 4. The number of hydrogen-bond acceptors (Lipinski definition) is 23. The average Bonchev–Trinajstić information content (AvgIpc) is 1.61. The standard InChI is InChI=1S/C80H105N17O25/c1-41(2)32-55(70(112)88-54(26-28-65(105)106)77(119)96-30-6-11-62(96)75(117)92-58(35-44-17-23-48(102)24-18-44)78(120)97-31-7-12-63(97)76(118)93-59(79(121)122)37-66(107)108)89-73(115)60(39-98)95-74(116)61(40-99)94-69(111)53(25-27-64(103)104)87-71(113)56(33-42-13-19-46(100)20-14-42)91-72(114)57(34-43-15-21-47(101)22-16-43)90-68(110)52(10-5-29-84-80(82)83)86-67(109)50(81)36-45-38-85-51-9-4-3-8-49(45)51/h3-4,8-9,13-24,38,41,50,52-63,85,98-102H,5-7,10-12,25-37,39-40,81H2,1-2H3,(H,86,109)(H,87,113)(H,88,112)(H,89,115)(H,90,110)(H,91,114)(H,92,117)(H,93,118)(H,94,111)(H,95,116)(H,103,104)(H,105,106)(H,107,108)(H,121,122)(H4,82,83,84)/t50-,52-,53-,54-,55-,56-,57-,58-,59-,60-,61-,62-,63-/m0/s1. The quantitative estimate of drug-likeness (QED) is 0.0101. The number of phenolic OH excluding ortho intramolecular Hbond substituents is 3. The van der Waals surface area contributed by atoms with Gasteiger partial charge in [-0.25, -0.2) is 4.79 Å². The summed E-state index contributed by atoms with van der Waals surface area (Å²) in [6.07, 6.45) is -3.12. The number of guanidine groups is 1. The summed E-state index contributed by atoms with van der Waals surface area (Å²) in [7, 11) is 0. The summed E-state index contributed by atoms with van der Waals surface area (Å²) < 4.78 is 0. The number of carbonyl (C=O) groups is 16. The normalized spacial score (nSPS) is 16.4. The number of phenols is 3. The Balaban J connectivity index is 1.06. The summed E-state index contributed by atoms with van der Waals surface area (Å²) in [6, 6.07) is 1.92. The van der Waals surface area contributed by atoms with Crippen LogP contribution in [-0.4, -0.2) is 273 Å². The molecule has 42 nitrogen and oxygen atoms in total. The van der Waals surface area contributed by atoms with Crippen molar-refractivity contribution in [3.05, 3.63) is 126 Å². The third-order valence-electron chi connectivity index (χ3n) is 20.3. The van der Waals surface area contributed by atoms with Crippen LogP contribution in [0.25, 0.3) is 10.9 Å². The van der Waals surface area contributed by atoms with Gasteiger partial charge in [-0.3, -0.25) is 77.3 Å². The summed E-state index contributed by atoms with van der Waals surface area (Å²) in [5.74, 6) is -20.3. The second-order valence-corrected chi connectivity index (χ2v) is 30.1. The molecule has 0 unspecified atom stereocenters. The van der Waals surface area contributed by atoms with Crippen molar-refractivity contribution in [1.29, 1.82) is 5.41 Å². The van der Waals surface area contributed by atoms with Gasteiger partial charge in [0.1, 0.15) is 89.8 Å². The Kier molecular flexibility index (Phi) is 36.2. The molecule has 0 saturated carbocycles. The van der Waals surface area contributed by atoms with Crippen molar-refractivity contribution in [3.8, 4) is 17.2 Å². The zero-order valence-corrected chi connectivity index (χ0v) is 66.9. The number of nitrogens with two attached hydrogens (primary N) is 2. The number of rotatable bonds is 47. The Morgan fingerprint density at radius 2 is 0.844 bits per heavy atom. The van der Waals surface area contributed by atoms with E-state index in [1.54, 1.807) is 26.1 Å². The number of aromatic amines is 1. The Hall–Kier alpha value is -13.5. The number of para-hydroxylation sites is 1. The molecule has 0 radical (unpaired) electrons. The van der Waals surface area contributed by atoms with Gasteiger partial charge in [0.15, 0.2) is 5.96 Å². The zero-order chi connectivity index (χ0) is 89.6. The van der Waals surface area contributed by atoms with Gasteiger partial charge in [-0.15, -0.1) is 0 Å². The molecule has 0 bridgehead atoms. The second kappa shape index (κ2) is 46.2. The third kappa shape index (κ3) is 29.2. The number of carbonyl (C=O) groups excluding carboxylic acids is 12. The van der Waals surface area contributed by atoms with Gasteiger partial charge in [0.25, 0.3) is 0 Å². The smallest absolute Gasteiger partial charge is 0.326 e. The van der Waals surface area contributed by atoms with E-state index in [-0.39, 0.29) is 113 Å². The minimum atomic E-state index is -2.08. The molecule has 3 heterocycles. The first-order valence-corrected chi connectivity index (χ1v) is 39.4. The van der Waals surface area contributed by atoms with Crippen LogP contribution >= 0.6 is 0 Å². The molecular formula is C80H105N17O25. The van der Waals surface area contributed by atoms with Crippen LogP contribution in [0.2, 0.25) is 0 Å². The Morgan fingerprint density at radius 1 is 0.459 bits per heavy atom. The number of carboxylic acid groups (broad SMARTS) is 4. The van der Waals surface area contributed by atoms with Crippen molar-refractivity contribution in [2.45, 2.75) is 195 Å². The number of aromatic nitrogens is 1. The van der Waals surface area contributed by atoms with E-state index >= 15 is 0 Å². The topological polar surface area (TPSA) is 686 Å². The maximum atomic E-state index is 14.9. The lowest BCUT2D eigenvalue weighted by atomic mass is 10.0. The van der Waals surface area contributed by atoms with Crippen LogP contribution in [0.1, 0.15) is 113 Å². The van der Waals surface area contributed by atoms with E-state index in [1.165, 1.54) is 72.8 Å². The van der Waals surface area contributed by atoms with Gasteiger partial charge in [0, 0.05) is 68.8 Å². The first-order chi connectivity index (χ1) is 57.9. The highest BCUT2D eigenvalue weighted by Gasteiger charge is 2.44. The molecule has 7 rings (SSSR count). The molecule has 122 heavy (non-hydrogen) atoms. The fourth-order valence-electron chi connectivity index (χ4n) is 13.9. The van der Waals surface area contributed by atoms with Crippen LogP contribution in [0.5, 0.6) is 17.2 Å². The molecule has 2 aliphatic heterocycles. The van der Waals surface area contributed by atoms with Gasteiger partial charge >= 0.3 is 23.9 Å². The van der Waals surface area contributed by atoms with Crippen LogP contribution in [0.4, 0.5) is 0 Å². The maximum Gasteiger partial charge on any atom is 0.326 e. The van der Waals surface area contributed by atoms with E-state index in [1.807, 2.05) is 18.2 Å². The monoisotopic (exact) mass is 1700 g/mol. The van der Waals surface area contributed by atoms with Crippen molar-refractivity contribution in [2.24, 2.45) is 17.4 Å². The van der Waals surface area contributed by atoms with E-state index in [2.05, 4.69) is 63.5 Å². The van der Waals surface area contributed by atoms with Crippen molar-refractivity contribution in [2.75, 3.05) is 32.8 Å². The molecule has 4 aromatic carbocycles. The van der Waals surface area contributed by atoms with Gasteiger partial charge in [0.2, 0.25) is 70.9 Å². The lowest BCUT2D eigenvalue weighted by Crippen LogP contribution is -2.62. The molecular weight excluding hydrogens is 1600 g/mol. The first kappa shape index (κ1) is 95.6. The van der Waals surface area contributed by atoms with Crippen LogP contribution in [-0.2, 0) is 102 Å². The SMILES string of the molecule is CC(C)C[C@H](NC(=O)[C@H](CO)NC(=O)[C@H](CO)NC(=O)[C@H](CCC(=O)O)NC(=O)[C@H](Cc1ccc(O)cc1)NC(=O)[C@H](Cc1ccc(O)cc1)NC(=O)[C@H](CCCNC(=N)N)NC(=O)[C@@H](N)Cc1c[nH]c2ccccc12)C(=O)N[C@@H](CCC(=O)O)C(=O)N1CCC[C@H]1C(=O)N[C@@H](Cc1ccc(O)cc1)C(=O)N1CCC[C@H]1C(=O)N[C@@H](CC(=O)O)C(=O)O. The molecule has 26 N–H and O–H groups in total. The summed E-state index contributed by atoms with van der Waals surface area (Å²) in [5, 5.41) is 125. The molecule has 660 valence electrons. The summed E-state index contributed by atoms with van der Waals surface area (Å²) in [6.45, 7) is 0.566. The number of benzene rings is 4. The van der Waals surface area contributed by atoms with Gasteiger partial charge in [-0.05, 0) is 135 Å². The minimum absolute atomic E-state index is 0.0149. The van der Waals surface area contributed by atoms with Crippen LogP contribution in [0.3, 0.4) is 0 Å². The number of aliphatic hydroxyl groups excluding tert-OH is 2. The summed E-state index contributed by atoms with van der Waals surface area (Å²) in [4.78, 5) is 226. The van der Waals surface area contributed by atoms with Crippen LogP contribution in [0, 0.1) is 11.3 Å². The molecule has 0 spiro atoms. The third-order valence-corrected chi connectivity index (χ3v) is 20.3. The Bertz CT molecular complexity index is 4570. The van der Waals surface area contributed by atoms with Crippen molar-refractivity contribution >= 4 is 112 Å². The molecule has 12 amide bonds. The molecule has 0 aliphatic carbocycles. The molecule has 42 heteroatoms. The number of aromatic hydroxyl groups is 3. The summed E-state index contributed by atoms with van der Waals surface area (Å²) >= 11 is 0. The highest BCUT2D eigenvalue weighted by molar-refractivity contribution is 6.01. The van der Waals surface area contributed by atoms with E-state index < -0.39 is 231 Å². The molecule has 2 saturated heterocycles. The maximum absolute atomic E-state index is 14.9. The number of amides is 12. The molecule has 1 aromatic heterocycles. The number of aliphatic hydroxyl groups is 2. The predicted octanol–water partition coefficient (Wildman–Crippen LogP) is -3.70. The molecule has 2 aliphatic rings. The number of nitrogens with one attached hydrogen (secondary N) is 13. The van der Waals surface area contributed by atoms with Gasteiger partial charge in [-0.2, -0.15) is 0 Å². The van der Waals surface area contributed by atoms with E-state index in [9.17, 15) is 123 Å². The average molecular weight is 1700 g/mol. The number of hydrogen-bond donors (Lipinski definition) is 24. The van der Waals surface area contributed by atoms with E-state index in [4.69, 9.17) is 16.9 Å². The number of H-pyrrole nitrogens is 1. The number of likely N-dealkylation sites (tertiary alicyclic amines) is 2. The highest BCUT2D eigenvalue weighted by atomic mass is 16.4. The lowest BCUT2D eigenvalue weighted by molar-refractivity contribution is -0.148. The van der Waals surface area contributed by atoms with Crippen molar-refractivity contribution in [1.82, 2.24) is 73.3 Å².